The molecule has 1 atom stereocenters. The average Bonchev–Trinajstić information content (AvgIpc) is 2.77. The number of aliphatic carboxylic acids is 1. The van der Waals surface area contributed by atoms with Gasteiger partial charge < -0.3 is 9.84 Å². The molecule has 0 amide bonds. The normalized spacial score (nSPS) is 18.3. The SMILES string of the molecule is COc1ccccc1C1=NN=C[C@@H]1C(=O)O. The van der Waals surface area contributed by atoms with E-state index in [1.165, 1.54) is 13.3 Å². The summed E-state index contributed by atoms with van der Waals surface area (Å²) in [7, 11) is 1.53. The van der Waals surface area contributed by atoms with Gasteiger partial charge in [-0.1, -0.05) is 12.1 Å². The Bertz CT molecular complexity index is 480. The lowest BCUT2D eigenvalue weighted by molar-refractivity contribution is -0.137. The lowest BCUT2D eigenvalue weighted by atomic mass is 9.98. The molecule has 0 unspecified atom stereocenters. The van der Waals surface area contributed by atoms with E-state index in [9.17, 15) is 4.79 Å². The second kappa shape index (κ2) is 4.14. The molecule has 1 aromatic carbocycles. The first-order valence-electron chi connectivity index (χ1n) is 4.71. The van der Waals surface area contributed by atoms with Crippen molar-refractivity contribution in [2.24, 2.45) is 16.1 Å². The molecule has 0 spiro atoms. The van der Waals surface area contributed by atoms with E-state index >= 15 is 0 Å². The zero-order valence-electron chi connectivity index (χ0n) is 8.62. The fourth-order valence-electron chi connectivity index (χ4n) is 1.55. The van der Waals surface area contributed by atoms with Crippen molar-refractivity contribution in [1.29, 1.82) is 0 Å². The molecule has 0 bridgehead atoms. The van der Waals surface area contributed by atoms with Crippen molar-refractivity contribution >= 4 is 17.9 Å². The molecule has 82 valence electrons. The van der Waals surface area contributed by atoms with E-state index in [0.717, 1.165) is 0 Å². The van der Waals surface area contributed by atoms with Gasteiger partial charge in [0.2, 0.25) is 0 Å². The molecule has 5 heteroatoms. The van der Waals surface area contributed by atoms with Crippen LogP contribution in [0.5, 0.6) is 5.75 Å². The zero-order chi connectivity index (χ0) is 11.5. The van der Waals surface area contributed by atoms with E-state index in [4.69, 9.17) is 9.84 Å². The number of hydrogen-bond donors (Lipinski definition) is 1. The van der Waals surface area contributed by atoms with Crippen molar-refractivity contribution in [2.75, 3.05) is 7.11 Å². The van der Waals surface area contributed by atoms with Crippen molar-refractivity contribution in [3.8, 4) is 5.75 Å². The minimum Gasteiger partial charge on any atom is -0.496 e. The van der Waals surface area contributed by atoms with Crippen LogP contribution in [0.2, 0.25) is 0 Å². The monoisotopic (exact) mass is 218 g/mol. The second-order valence-electron chi connectivity index (χ2n) is 3.27. The third-order valence-corrected chi connectivity index (χ3v) is 2.32. The molecule has 0 aromatic heterocycles. The quantitative estimate of drug-likeness (QED) is 0.828. The van der Waals surface area contributed by atoms with Crippen LogP contribution >= 0.6 is 0 Å². The minimum atomic E-state index is -0.967. The van der Waals surface area contributed by atoms with Gasteiger partial charge in [-0.15, -0.1) is 0 Å². The summed E-state index contributed by atoms with van der Waals surface area (Å²) in [5.41, 5.74) is 1.07. The van der Waals surface area contributed by atoms with Crippen LogP contribution < -0.4 is 4.74 Å². The van der Waals surface area contributed by atoms with Crippen molar-refractivity contribution in [1.82, 2.24) is 0 Å². The second-order valence-corrected chi connectivity index (χ2v) is 3.27. The maximum atomic E-state index is 11.0. The molecular weight excluding hydrogens is 208 g/mol. The minimum absolute atomic E-state index is 0.407. The molecule has 1 aliphatic rings. The van der Waals surface area contributed by atoms with Crippen LogP contribution in [0, 0.1) is 5.92 Å². The molecule has 5 nitrogen and oxygen atoms in total. The molecule has 1 aromatic rings. The van der Waals surface area contributed by atoms with Crippen molar-refractivity contribution in [2.45, 2.75) is 0 Å². The van der Waals surface area contributed by atoms with Crippen LogP contribution in [0.3, 0.4) is 0 Å². The van der Waals surface area contributed by atoms with E-state index < -0.39 is 11.9 Å². The Hall–Kier alpha value is -2.17. The maximum absolute atomic E-state index is 11.0. The molecule has 0 radical (unpaired) electrons. The lowest BCUT2D eigenvalue weighted by Crippen LogP contribution is -2.23. The van der Waals surface area contributed by atoms with E-state index in [1.807, 2.05) is 6.07 Å². The van der Waals surface area contributed by atoms with Crippen molar-refractivity contribution in [3.05, 3.63) is 29.8 Å². The molecule has 1 heterocycles. The third-order valence-electron chi connectivity index (χ3n) is 2.32. The predicted molar refractivity (Wildman–Crippen MR) is 59.1 cm³/mol. The topological polar surface area (TPSA) is 71.2 Å². The van der Waals surface area contributed by atoms with Crippen LogP contribution in [0.15, 0.2) is 34.5 Å². The van der Waals surface area contributed by atoms with E-state index in [0.29, 0.717) is 17.0 Å². The van der Waals surface area contributed by atoms with Gasteiger partial charge in [0.1, 0.15) is 11.7 Å². The highest BCUT2D eigenvalue weighted by molar-refractivity contribution is 6.23. The summed E-state index contributed by atoms with van der Waals surface area (Å²) in [6, 6.07) is 7.14. The molecule has 0 fully saturated rings. The van der Waals surface area contributed by atoms with Crippen molar-refractivity contribution in [3.63, 3.8) is 0 Å². The highest BCUT2D eigenvalue weighted by Gasteiger charge is 2.28. The summed E-state index contributed by atoms with van der Waals surface area (Å²) < 4.78 is 5.16. The highest BCUT2D eigenvalue weighted by atomic mass is 16.5. The summed E-state index contributed by atoms with van der Waals surface area (Å²) in [6.45, 7) is 0. The number of carboxylic acids is 1. The van der Waals surface area contributed by atoms with E-state index in [1.54, 1.807) is 18.2 Å². The summed E-state index contributed by atoms with van der Waals surface area (Å²) in [6.07, 6.45) is 1.31. The molecular formula is C11H10N2O3. The number of ether oxygens (including phenoxy) is 1. The number of benzene rings is 1. The van der Waals surface area contributed by atoms with Crippen LogP contribution in [0.4, 0.5) is 0 Å². The van der Waals surface area contributed by atoms with Crippen molar-refractivity contribution < 1.29 is 14.6 Å². The highest BCUT2D eigenvalue weighted by Crippen LogP contribution is 2.23. The first-order chi connectivity index (χ1) is 7.74. The van der Waals surface area contributed by atoms with Gasteiger partial charge in [0.25, 0.3) is 0 Å². The number of methoxy groups -OCH3 is 1. The van der Waals surface area contributed by atoms with Crippen LogP contribution in [0.25, 0.3) is 0 Å². The summed E-state index contributed by atoms with van der Waals surface area (Å²) in [5.74, 6) is -1.17. The number of nitrogens with zero attached hydrogens (tertiary/aromatic N) is 2. The number of rotatable bonds is 3. The summed E-state index contributed by atoms with van der Waals surface area (Å²) >= 11 is 0. The van der Waals surface area contributed by atoms with Crippen LogP contribution in [-0.4, -0.2) is 30.1 Å². The van der Waals surface area contributed by atoms with E-state index in [2.05, 4.69) is 10.2 Å². The first kappa shape index (κ1) is 10.4. The maximum Gasteiger partial charge on any atom is 0.318 e. The third kappa shape index (κ3) is 1.67. The number of hydrogen-bond acceptors (Lipinski definition) is 4. The molecule has 1 aliphatic heterocycles. The smallest absolute Gasteiger partial charge is 0.318 e. The van der Waals surface area contributed by atoms with Gasteiger partial charge in [-0.3, -0.25) is 4.79 Å². The van der Waals surface area contributed by atoms with Gasteiger partial charge >= 0.3 is 5.97 Å². The molecule has 0 saturated heterocycles. The Labute approximate surface area is 92.1 Å². The predicted octanol–water partition coefficient (Wildman–Crippen LogP) is 1.18. The van der Waals surface area contributed by atoms with Gasteiger partial charge in [-0.25, -0.2) is 0 Å². The zero-order valence-corrected chi connectivity index (χ0v) is 8.62. The number of para-hydroxylation sites is 1. The number of carbonyl (C=O) groups is 1. The largest absolute Gasteiger partial charge is 0.496 e. The Kier molecular flexibility index (Phi) is 2.68. The Morgan fingerprint density at radius 2 is 2.19 bits per heavy atom. The summed E-state index contributed by atoms with van der Waals surface area (Å²) in [5, 5.41) is 16.5. The molecule has 0 aliphatic carbocycles. The molecule has 2 rings (SSSR count). The van der Waals surface area contributed by atoms with Gasteiger partial charge in [-0.2, -0.15) is 10.2 Å². The van der Waals surface area contributed by atoms with Crippen LogP contribution in [-0.2, 0) is 4.79 Å². The lowest BCUT2D eigenvalue weighted by Gasteiger charge is -2.10. The Balaban J connectivity index is 2.42. The van der Waals surface area contributed by atoms with Gasteiger partial charge in [-0.05, 0) is 12.1 Å². The van der Waals surface area contributed by atoms with Gasteiger partial charge in [0.15, 0.2) is 0 Å². The fourth-order valence-corrected chi connectivity index (χ4v) is 1.55. The number of carboxylic acid groups (broad SMARTS) is 1. The average molecular weight is 218 g/mol. The summed E-state index contributed by atoms with van der Waals surface area (Å²) in [4.78, 5) is 11.0. The first-order valence-corrected chi connectivity index (χ1v) is 4.71. The Morgan fingerprint density at radius 3 is 2.88 bits per heavy atom. The van der Waals surface area contributed by atoms with Gasteiger partial charge in [0.05, 0.1) is 12.8 Å². The molecule has 16 heavy (non-hydrogen) atoms. The Morgan fingerprint density at radius 1 is 1.44 bits per heavy atom. The molecule has 1 N–H and O–H groups in total. The van der Waals surface area contributed by atoms with E-state index in [-0.39, 0.29) is 0 Å². The fraction of sp³-hybridized carbons (Fsp3) is 0.182. The molecule has 0 saturated carbocycles. The van der Waals surface area contributed by atoms with Crippen LogP contribution in [0.1, 0.15) is 5.56 Å². The standard InChI is InChI=1S/C11H10N2O3/c1-16-9-5-3-2-4-7(9)10-8(11(14)15)6-12-13-10/h2-6,8H,1H3,(H,14,15)/t8-/m0/s1. The van der Waals surface area contributed by atoms with Gasteiger partial charge in [0, 0.05) is 11.8 Å².